The molecule has 0 aromatic carbocycles. The molecule has 0 aliphatic heterocycles. The fourth-order valence-electron chi connectivity index (χ4n) is 0.756. The highest BCUT2D eigenvalue weighted by Gasteiger charge is 2.01. The van der Waals surface area contributed by atoms with Crippen LogP contribution in [0.5, 0.6) is 0 Å². The topological polar surface area (TPSA) is 67.9 Å². The van der Waals surface area contributed by atoms with Crippen LogP contribution in [0.1, 0.15) is 12.8 Å². The summed E-state index contributed by atoms with van der Waals surface area (Å²) in [5.74, 6) is 0.683. The maximum absolute atomic E-state index is 10.7. The summed E-state index contributed by atoms with van der Waals surface area (Å²) >= 11 is 1.57. The number of aromatic nitrogens is 3. The average molecular weight is 201 g/mol. The van der Waals surface area contributed by atoms with Crippen molar-refractivity contribution in [2.24, 2.45) is 0 Å². The number of thioether (sulfide) groups is 1. The van der Waals surface area contributed by atoms with Crippen LogP contribution in [0.4, 0.5) is 0 Å². The van der Waals surface area contributed by atoms with E-state index in [1.54, 1.807) is 18.0 Å². The van der Waals surface area contributed by atoms with Crippen LogP contribution in [0.15, 0.2) is 11.2 Å². The zero-order valence-electron chi connectivity index (χ0n) is 7.32. The molecule has 72 valence electrons. The van der Waals surface area contributed by atoms with Gasteiger partial charge in [0.25, 0.3) is 0 Å². The van der Waals surface area contributed by atoms with Crippen molar-refractivity contribution in [1.29, 1.82) is 0 Å². The second kappa shape index (κ2) is 5.58. The highest BCUT2D eigenvalue weighted by Crippen LogP contribution is 2.14. The molecule has 0 spiro atoms. The molecule has 0 amide bonds. The molecular weight excluding hydrogens is 190 g/mol. The molecule has 0 radical (unpaired) electrons. The van der Waals surface area contributed by atoms with Gasteiger partial charge in [0.05, 0.1) is 13.3 Å². The molecule has 1 heterocycles. The van der Waals surface area contributed by atoms with Crippen molar-refractivity contribution in [2.45, 2.75) is 17.9 Å². The number of rotatable bonds is 5. The molecule has 5 nitrogen and oxygen atoms in total. The normalized spacial score (nSPS) is 9.92. The van der Waals surface area contributed by atoms with Gasteiger partial charge in [0.1, 0.15) is 5.03 Å². The van der Waals surface area contributed by atoms with Gasteiger partial charge in [-0.1, -0.05) is 0 Å². The van der Waals surface area contributed by atoms with Gasteiger partial charge in [0.15, 0.2) is 0 Å². The van der Waals surface area contributed by atoms with E-state index < -0.39 is 0 Å². The third kappa shape index (κ3) is 3.93. The SMILES string of the molecule is COC(=O)CCCSc1cn[nH]n1. The van der Waals surface area contributed by atoms with Crippen molar-refractivity contribution in [1.82, 2.24) is 15.4 Å². The summed E-state index contributed by atoms with van der Waals surface area (Å²) in [7, 11) is 1.40. The van der Waals surface area contributed by atoms with Crippen LogP contribution in [0.3, 0.4) is 0 Å². The highest BCUT2D eigenvalue weighted by atomic mass is 32.2. The van der Waals surface area contributed by atoms with Crippen molar-refractivity contribution in [3.63, 3.8) is 0 Å². The monoisotopic (exact) mass is 201 g/mol. The number of carbonyl (C=O) groups is 1. The Morgan fingerprint density at radius 1 is 1.77 bits per heavy atom. The average Bonchev–Trinajstić information content (AvgIpc) is 2.64. The number of nitrogens with one attached hydrogen (secondary N) is 1. The van der Waals surface area contributed by atoms with Gasteiger partial charge in [-0.2, -0.15) is 10.3 Å². The lowest BCUT2D eigenvalue weighted by atomic mass is 10.3. The number of H-pyrrole nitrogens is 1. The molecule has 1 aromatic rings. The quantitative estimate of drug-likeness (QED) is 0.434. The van der Waals surface area contributed by atoms with Gasteiger partial charge in [0, 0.05) is 12.2 Å². The van der Waals surface area contributed by atoms with Crippen LogP contribution < -0.4 is 0 Å². The summed E-state index contributed by atoms with van der Waals surface area (Å²) in [5, 5.41) is 10.9. The second-order valence-corrected chi connectivity index (χ2v) is 3.45. The Bertz CT molecular complexity index is 250. The first kappa shape index (κ1) is 10.0. The number of aromatic amines is 1. The molecule has 0 saturated carbocycles. The molecule has 0 atom stereocenters. The van der Waals surface area contributed by atoms with Crippen LogP contribution in [-0.2, 0) is 9.53 Å². The first-order valence-corrected chi connectivity index (χ1v) is 4.87. The van der Waals surface area contributed by atoms with Crippen molar-refractivity contribution in [3.8, 4) is 0 Å². The Balaban J connectivity index is 2.05. The van der Waals surface area contributed by atoms with E-state index in [4.69, 9.17) is 0 Å². The predicted octanol–water partition coefficient (Wildman–Crippen LogP) is 0.850. The molecule has 0 fully saturated rings. The van der Waals surface area contributed by atoms with Crippen LogP contribution in [0.2, 0.25) is 0 Å². The summed E-state index contributed by atoms with van der Waals surface area (Å²) in [5.41, 5.74) is 0. The van der Waals surface area contributed by atoms with Gasteiger partial charge >= 0.3 is 5.97 Å². The smallest absolute Gasteiger partial charge is 0.305 e. The number of esters is 1. The molecule has 0 saturated heterocycles. The zero-order valence-corrected chi connectivity index (χ0v) is 8.13. The largest absolute Gasteiger partial charge is 0.469 e. The van der Waals surface area contributed by atoms with E-state index in [1.807, 2.05) is 0 Å². The molecule has 13 heavy (non-hydrogen) atoms. The molecule has 1 rings (SSSR count). The van der Waals surface area contributed by atoms with E-state index in [0.717, 1.165) is 17.2 Å². The Morgan fingerprint density at radius 3 is 3.23 bits per heavy atom. The van der Waals surface area contributed by atoms with Crippen molar-refractivity contribution in [2.75, 3.05) is 12.9 Å². The van der Waals surface area contributed by atoms with E-state index in [-0.39, 0.29) is 5.97 Å². The number of ether oxygens (including phenoxy) is 1. The lowest BCUT2D eigenvalue weighted by molar-refractivity contribution is -0.140. The summed E-state index contributed by atoms with van der Waals surface area (Å²) in [6, 6.07) is 0. The van der Waals surface area contributed by atoms with Gasteiger partial charge < -0.3 is 4.74 Å². The Hall–Kier alpha value is -1.04. The first-order chi connectivity index (χ1) is 6.33. The maximum Gasteiger partial charge on any atom is 0.305 e. The molecule has 6 heteroatoms. The molecule has 1 aromatic heterocycles. The summed E-state index contributed by atoms with van der Waals surface area (Å²) < 4.78 is 4.51. The number of methoxy groups -OCH3 is 1. The van der Waals surface area contributed by atoms with E-state index in [1.165, 1.54) is 7.11 Å². The Morgan fingerprint density at radius 2 is 2.62 bits per heavy atom. The van der Waals surface area contributed by atoms with E-state index in [0.29, 0.717) is 6.42 Å². The minimum atomic E-state index is -0.166. The molecule has 0 unspecified atom stereocenters. The molecular formula is C7H11N3O2S. The van der Waals surface area contributed by atoms with E-state index in [9.17, 15) is 4.79 Å². The van der Waals surface area contributed by atoms with Crippen LogP contribution >= 0.6 is 11.8 Å². The van der Waals surface area contributed by atoms with Gasteiger partial charge in [0.2, 0.25) is 0 Å². The lowest BCUT2D eigenvalue weighted by Gasteiger charge is -1.97. The third-order valence-electron chi connectivity index (χ3n) is 1.40. The summed E-state index contributed by atoms with van der Waals surface area (Å²) in [6.07, 6.45) is 2.91. The summed E-state index contributed by atoms with van der Waals surface area (Å²) in [4.78, 5) is 10.7. The number of carbonyl (C=O) groups excluding carboxylic acids is 1. The fourth-order valence-corrected chi connectivity index (χ4v) is 1.49. The van der Waals surface area contributed by atoms with Crippen LogP contribution in [0.25, 0.3) is 0 Å². The number of hydrogen-bond acceptors (Lipinski definition) is 5. The predicted molar refractivity (Wildman–Crippen MR) is 48.4 cm³/mol. The zero-order chi connectivity index (χ0) is 9.52. The number of nitrogens with zero attached hydrogens (tertiary/aromatic N) is 2. The second-order valence-electron chi connectivity index (χ2n) is 2.34. The van der Waals surface area contributed by atoms with Crippen molar-refractivity contribution >= 4 is 17.7 Å². The van der Waals surface area contributed by atoms with Gasteiger partial charge in [-0.3, -0.25) is 4.79 Å². The minimum absolute atomic E-state index is 0.166. The van der Waals surface area contributed by atoms with Gasteiger partial charge in [-0.05, 0) is 6.42 Å². The molecule has 0 bridgehead atoms. The van der Waals surface area contributed by atoms with Crippen molar-refractivity contribution < 1.29 is 9.53 Å². The Kier molecular flexibility index (Phi) is 4.31. The van der Waals surface area contributed by atoms with Gasteiger partial charge in [-0.25, -0.2) is 0 Å². The lowest BCUT2D eigenvalue weighted by Crippen LogP contribution is -1.99. The summed E-state index contributed by atoms with van der Waals surface area (Å²) in [6.45, 7) is 0. The molecule has 0 aliphatic rings. The fraction of sp³-hybridized carbons (Fsp3) is 0.571. The van der Waals surface area contributed by atoms with E-state index in [2.05, 4.69) is 20.1 Å². The molecule has 0 aliphatic carbocycles. The van der Waals surface area contributed by atoms with E-state index >= 15 is 0 Å². The number of hydrogen-bond donors (Lipinski definition) is 1. The highest BCUT2D eigenvalue weighted by molar-refractivity contribution is 7.99. The van der Waals surface area contributed by atoms with Crippen molar-refractivity contribution in [3.05, 3.63) is 6.20 Å². The third-order valence-corrected chi connectivity index (χ3v) is 2.38. The Labute approximate surface area is 80.2 Å². The van der Waals surface area contributed by atoms with Gasteiger partial charge in [-0.15, -0.1) is 16.9 Å². The van der Waals surface area contributed by atoms with Crippen LogP contribution in [-0.4, -0.2) is 34.2 Å². The standard InChI is InChI=1S/C7H11N3O2S/c1-12-7(11)3-2-4-13-6-5-8-10-9-6/h5H,2-4H2,1H3,(H,8,9,10). The maximum atomic E-state index is 10.7. The minimum Gasteiger partial charge on any atom is -0.469 e. The van der Waals surface area contributed by atoms with Crippen LogP contribution in [0, 0.1) is 0 Å². The first-order valence-electron chi connectivity index (χ1n) is 3.88. The molecule has 1 N–H and O–H groups in total.